The van der Waals surface area contributed by atoms with E-state index in [1.54, 1.807) is 0 Å². The van der Waals surface area contributed by atoms with Gasteiger partial charge in [-0.15, -0.1) is 0 Å². The van der Waals surface area contributed by atoms with Gasteiger partial charge in [-0.1, -0.05) is 0 Å². The molecule has 5 aliphatic heterocycles. The molecule has 2 saturated heterocycles. The summed E-state index contributed by atoms with van der Waals surface area (Å²) in [6, 6.07) is 3.07. The highest BCUT2D eigenvalue weighted by Crippen LogP contribution is 2.60. The third-order valence-electron chi connectivity index (χ3n) is 17.9. The summed E-state index contributed by atoms with van der Waals surface area (Å²) in [7, 11) is 0. The third kappa shape index (κ3) is 11.9. The molecule has 0 radical (unpaired) electrons. The van der Waals surface area contributed by atoms with Gasteiger partial charge in [0, 0.05) is 27.8 Å². The molecule has 2 fully saturated rings. The molecule has 44 heteroatoms. The molecule has 8 aromatic carbocycles. The summed E-state index contributed by atoms with van der Waals surface area (Å²) in [4.78, 5) is 118. The Morgan fingerprint density at radius 2 is 0.661 bits per heavy atom. The summed E-state index contributed by atoms with van der Waals surface area (Å²) in [6.45, 7) is -2.87. The van der Waals surface area contributed by atoms with Gasteiger partial charge in [-0.3, -0.25) is 0 Å². The van der Waals surface area contributed by atoms with Crippen LogP contribution in [0, 0.1) is 0 Å². The van der Waals surface area contributed by atoms with Gasteiger partial charge in [0.1, 0.15) is 30.5 Å². The highest BCUT2D eigenvalue weighted by Gasteiger charge is 2.58. The first-order chi connectivity index (χ1) is 52.8. The zero-order valence-electron chi connectivity index (χ0n) is 54.8. The van der Waals surface area contributed by atoms with E-state index in [-0.39, 0.29) is 18.2 Å². The van der Waals surface area contributed by atoms with Gasteiger partial charge >= 0.3 is 47.8 Å². The van der Waals surface area contributed by atoms with Crippen molar-refractivity contribution in [3.63, 3.8) is 0 Å². The molecule has 0 spiro atoms. The number of phenolic OH excluding ortho intramolecular Hbond substituents is 23. The average Bonchev–Trinajstić information content (AvgIpc) is 1.10. The number of benzene rings is 8. The van der Waals surface area contributed by atoms with Crippen molar-refractivity contribution < 1.29 is 218 Å². The monoisotopic (exact) mass is 1570 g/mol. The quantitative estimate of drug-likeness (QED) is 0.0614. The van der Waals surface area contributed by atoms with E-state index in [0.29, 0.717) is 36.4 Å². The highest BCUT2D eigenvalue weighted by atomic mass is 16.8. The summed E-state index contributed by atoms with van der Waals surface area (Å²) < 4.78 is 62.1. The first-order valence-electron chi connectivity index (χ1n) is 31.2. The van der Waals surface area contributed by atoms with Gasteiger partial charge < -0.3 is 180 Å². The number of carbonyl (C=O) groups excluding carboxylic acids is 8. The van der Waals surface area contributed by atoms with E-state index in [2.05, 4.69) is 0 Å². The van der Waals surface area contributed by atoms with E-state index < -0.39 is 344 Å². The molecule has 0 saturated carbocycles. The minimum atomic E-state index is -2.90. The second kappa shape index (κ2) is 27.1. The van der Waals surface area contributed by atoms with E-state index in [1.807, 2.05) is 0 Å². The Hall–Kier alpha value is -15.4. The molecule has 112 heavy (non-hydrogen) atoms. The molecular weight excluding hydrogens is 1520 g/mol. The maximum absolute atomic E-state index is 15.9. The fourth-order valence-corrected chi connectivity index (χ4v) is 12.6. The van der Waals surface area contributed by atoms with E-state index in [0.717, 1.165) is 0 Å². The average molecular weight is 1570 g/mol. The van der Waals surface area contributed by atoms with Gasteiger partial charge in [0.25, 0.3) is 0 Å². The van der Waals surface area contributed by atoms with Crippen molar-refractivity contribution in [3.05, 3.63) is 99.1 Å². The van der Waals surface area contributed by atoms with Crippen LogP contribution in [0.1, 0.15) is 82.9 Å². The zero-order chi connectivity index (χ0) is 81.5. The number of hydrogen-bond acceptors (Lipinski definition) is 44. The number of aliphatic hydroxyl groups is 2. The Bertz CT molecular complexity index is 5480. The van der Waals surface area contributed by atoms with Crippen molar-refractivity contribution >= 4 is 47.8 Å². The molecule has 0 amide bonds. The number of rotatable bonds is 7. The first-order valence-corrected chi connectivity index (χ1v) is 31.2. The zero-order valence-corrected chi connectivity index (χ0v) is 54.8. The number of hydrogen-bond donors (Lipinski definition) is 25. The van der Waals surface area contributed by atoms with E-state index in [4.69, 9.17) is 52.1 Å². The number of aliphatic hydroxyl groups excluding tert-OH is 2. The maximum atomic E-state index is 15.9. The van der Waals surface area contributed by atoms with Crippen LogP contribution in [0.15, 0.2) is 54.6 Å². The van der Waals surface area contributed by atoms with Gasteiger partial charge in [-0.25, -0.2) is 38.4 Å². The van der Waals surface area contributed by atoms with Crippen LogP contribution in [0.5, 0.6) is 144 Å². The molecule has 0 aliphatic carbocycles. The number of carbonyl (C=O) groups is 8. The fraction of sp³-hybridized carbons (Fsp3) is 0.176. The van der Waals surface area contributed by atoms with Gasteiger partial charge in [0.15, 0.2) is 116 Å². The van der Waals surface area contributed by atoms with Crippen molar-refractivity contribution in [1.82, 2.24) is 0 Å². The second-order valence-electron chi connectivity index (χ2n) is 24.5. The van der Waals surface area contributed by atoms with E-state index in [9.17, 15) is 156 Å². The van der Waals surface area contributed by atoms with E-state index >= 15 is 9.59 Å². The van der Waals surface area contributed by atoms with Crippen molar-refractivity contribution in [2.24, 2.45) is 0 Å². The molecule has 0 unspecified atom stereocenters. The predicted molar refractivity (Wildman–Crippen MR) is 344 cm³/mol. The highest BCUT2D eigenvalue weighted by molar-refractivity contribution is 6.13. The summed E-state index contributed by atoms with van der Waals surface area (Å²) in [5, 5.41) is 275. The second-order valence-corrected chi connectivity index (χ2v) is 24.5. The normalized spacial score (nSPS) is 21.2. The number of ether oxygens (including phenoxy) is 11. The van der Waals surface area contributed by atoms with Crippen LogP contribution in [-0.2, 0) is 47.4 Å². The van der Waals surface area contributed by atoms with Crippen molar-refractivity contribution in [1.29, 1.82) is 0 Å². The molecule has 10 atom stereocenters. The SMILES string of the molecule is O=C(O[C@H]1O[C@@H]2COC(=O)c3cc(O)c(O)c(O)c3-c3c(O)c(O)c(O)c(Oc4cc(C(=O)O[C@@H]5O[C@H](CO)[C@@H](O)[C@@H]6OC(=O)c7cc(O)c(O)c(O)c7-c7c(cc(O)c(O)c7O)C(=O)O[C@@H]56)cc(O)c4O)c3C(=O)O[C@H]2[C@@H]2OC(=O)c3cc(O)c(O)c(O)c3-c3c(cc(O)c(O)c3O)C(=O)O[C@@H]12)c1cc(O)c(O)c(O)c1. The molecule has 13 rings (SSSR count). The lowest BCUT2D eigenvalue weighted by Gasteiger charge is -2.44. The summed E-state index contributed by atoms with van der Waals surface area (Å²) in [5.41, 5.74) is -17.9. The summed E-state index contributed by atoms with van der Waals surface area (Å²) in [6.07, 6.45) is -26.2. The van der Waals surface area contributed by atoms with Crippen molar-refractivity contribution in [3.8, 4) is 177 Å². The van der Waals surface area contributed by atoms with Crippen molar-refractivity contribution in [2.45, 2.75) is 61.4 Å². The van der Waals surface area contributed by atoms with Crippen molar-refractivity contribution in [2.75, 3.05) is 13.2 Å². The summed E-state index contributed by atoms with van der Waals surface area (Å²) >= 11 is 0. The van der Waals surface area contributed by atoms with Gasteiger partial charge in [-0.05, 0) is 54.6 Å². The molecule has 0 bridgehead atoms. The lowest BCUT2D eigenvalue weighted by Crippen LogP contribution is -2.63. The largest absolute Gasteiger partial charge is 0.504 e. The number of cyclic esters (lactones) is 1. The molecule has 584 valence electrons. The van der Waals surface area contributed by atoms with Crippen LogP contribution in [0.3, 0.4) is 0 Å². The molecule has 8 aromatic rings. The number of esters is 8. The maximum Gasteiger partial charge on any atom is 0.343 e. The van der Waals surface area contributed by atoms with Crippen LogP contribution >= 0.6 is 0 Å². The Labute approximate surface area is 614 Å². The minimum Gasteiger partial charge on any atom is -0.504 e. The predicted octanol–water partition coefficient (Wildman–Crippen LogP) is 1.75. The van der Waals surface area contributed by atoms with Crippen LogP contribution in [0.25, 0.3) is 33.4 Å². The van der Waals surface area contributed by atoms with E-state index in [1.165, 1.54) is 0 Å². The lowest BCUT2D eigenvalue weighted by atomic mass is 9.90. The standard InChI is InChI=1S/C68H48O44/c69-10-28-44(85)55-57(109-64(99)17-8-25(76)41(82)47(88)32(17)30-15(62(97)107-55)6-23(74)39(80)45(30)86)67(104-28)112-60(95)13-3-21(72)38(79)27(4-13)103-54-36-35(50(91)51(92)52(54)93)34-14(5-22(73)43(84)49(34)90)61(96)102-11-29-53(106-66(36)101)56-58(68(105-29)111-59(94)12-1-19(70)37(78)20(71)2-12)110-65(100)18-9-26(77)42(83)48(89)33(18)31-16(63(98)108-56)7-24(75)40(81)46(31)87/h1-9,28-29,44,53,55-58,67-93H,10-11H2/t28-,29-,44-,53-,55+,56+,57-,58-,67+,68-/m1/s1. The minimum absolute atomic E-state index is 0.246. The van der Waals surface area contributed by atoms with Gasteiger partial charge in [-0.2, -0.15) is 0 Å². The topological polar surface area (TPSA) is 744 Å². The molecule has 5 aliphatic rings. The summed E-state index contributed by atoms with van der Waals surface area (Å²) in [5.74, 6) is -54.1. The van der Waals surface area contributed by atoms with Gasteiger partial charge in [0.05, 0.1) is 51.1 Å². The van der Waals surface area contributed by atoms with Crippen LogP contribution < -0.4 is 4.74 Å². The molecule has 0 aromatic heterocycles. The fourth-order valence-electron chi connectivity index (χ4n) is 12.6. The molecule has 44 nitrogen and oxygen atoms in total. The number of fused-ring (bicyclic) bond motifs is 13. The van der Waals surface area contributed by atoms with Gasteiger partial charge in [0.2, 0.25) is 70.8 Å². The first kappa shape index (κ1) is 74.8. The van der Waals surface area contributed by atoms with Crippen LogP contribution in [0.2, 0.25) is 0 Å². The Kier molecular flexibility index (Phi) is 18.1. The number of phenols is 23. The third-order valence-corrected chi connectivity index (χ3v) is 17.9. The number of aromatic hydroxyl groups is 23. The van der Waals surface area contributed by atoms with Crippen LogP contribution in [0.4, 0.5) is 0 Å². The Morgan fingerprint density at radius 1 is 0.330 bits per heavy atom. The molecular formula is C68H48O44. The Balaban J connectivity index is 0.950. The smallest absolute Gasteiger partial charge is 0.343 e. The lowest BCUT2D eigenvalue weighted by molar-refractivity contribution is -0.283. The Morgan fingerprint density at radius 3 is 1.08 bits per heavy atom. The molecule has 5 heterocycles. The van der Waals surface area contributed by atoms with Crippen LogP contribution in [-0.4, -0.2) is 250 Å². The molecule has 25 N–H and O–H groups in total.